The maximum Gasteiger partial charge on any atom is 0.232 e. The molecule has 1 aromatic carbocycles. The number of benzene rings is 1. The summed E-state index contributed by atoms with van der Waals surface area (Å²) in [4.78, 5) is 14.1. The molecule has 4 heteroatoms. The van der Waals surface area contributed by atoms with Gasteiger partial charge in [-0.3, -0.25) is 4.79 Å². The lowest BCUT2D eigenvalue weighted by Crippen LogP contribution is -2.46. The van der Waals surface area contributed by atoms with Gasteiger partial charge in [0, 0.05) is 18.2 Å². The van der Waals surface area contributed by atoms with Gasteiger partial charge in [-0.2, -0.15) is 0 Å². The number of carbonyl (C=O) groups is 1. The molecule has 0 bridgehead atoms. The van der Waals surface area contributed by atoms with E-state index in [2.05, 4.69) is 5.32 Å². The fourth-order valence-corrected chi connectivity index (χ4v) is 2.38. The minimum absolute atomic E-state index is 0.107. The zero-order chi connectivity index (χ0) is 13.2. The molecule has 0 aliphatic carbocycles. The van der Waals surface area contributed by atoms with Gasteiger partial charge in [0.15, 0.2) is 0 Å². The Kier molecular flexibility index (Phi) is 3.66. The third-order valence-electron chi connectivity index (χ3n) is 3.74. The Morgan fingerprint density at radius 1 is 1.28 bits per heavy atom. The van der Waals surface area contributed by atoms with Crippen LogP contribution >= 0.6 is 0 Å². The van der Waals surface area contributed by atoms with Crippen LogP contribution in [0, 0.1) is 11.2 Å². The summed E-state index contributed by atoms with van der Waals surface area (Å²) in [6.07, 6.45) is 1.69. The highest BCUT2D eigenvalue weighted by Crippen LogP contribution is 2.31. The molecule has 1 aliphatic rings. The van der Waals surface area contributed by atoms with E-state index in [1.54, 1.807) is 24.1 Å². The summed E-state index contributed by atoms with van der Waals surface area (Å²) >= 11 is 0. The van der Waals surface area contributed by atoms with Gasteiger partial charge in [0.05, 0.1) is 0 Å². The van der Waals surface area contributed by atoms with E-state index in [0.29, 0.717) is 0 Å². The molecule has 0 saturated carbocycles. The molecule has 0 atom stereocenters. The van der Waals surface area contributed by atoms with Crippen LogP contribution in [0.1, 0.15) is 19.8 Å². The summed E-state index contributed by atoms with van der Waals surface area (Å²) in [5, 5.41) is 3.26. The molecule has 1 fully saturated rings. The first-order valence-corrected chi connectivity index (χ1v) is 6.27. The summed E-state index contributed by atoms with van der Waals surface area (Å²) in [7, 11) is 1.75. The molecule has 1 N–H and O–H groups in total. The SMILES string of the molecule is CN(C(=O)C1(C)CCNCC1)c1ccc(F)cc1. The molecule has 1 saturated heterocycles. The number of piperidine rings is 1. The van der Waals surface area contributed by atoms with Crippen molar-refractivity contribution >= 4 is 11.6 Å². The number of hydrogen-bond donors (Lipinski definition) is 1. The van der Waals surface area contributed by atoms with Gasteiger partial charge in [-0.1, -0.05) is 6.92 Å². The van der Waals surface area contributed by atoms with Crippen molar-refractivity contribution in [2.45, 2.75) is 19.8 Å². The normalized spacial score (nSPS) is 18.4. The van der Waals surface area contributed by atoms with Crippen molar-refractivity contribution < 1.29 is 9.18 Å². The van der Waals surface area contributed by atoms with Crippen molar-refractivity contribution in [3.05, 3.63) is 30.1 Å². The first kappa shape index (κ1) is 13.0. The van der Waals surface area contributed by atoms with Crippen LogP contribution in [0.25, 0.3) is 0 Å². The maximum absolute atomic E-state index is 12.9. The van der Waals surface area contributed by atoms with Gasteiger partial charge in [-0.05, 0) is 50.2 Å². The van der Waals surface area contributed by atoms with E-state index in [0.717, 1.165) is 31.6 Å². The number of nitrogens with one attached hydrogen (secondary N) is 1. The summed E-state index contributed by atoms with van der Waals surface area (Å²) in [6, 6.07) is 6.03. The topological polar surface area (TPSA) is 32.3 Å². The first-order chi connectivity index (χ1) is 8.53. The van der Waals surface area contributed by atoms with E-state index < -0.39 is 0 Å². The predicted octanol–water partition coefficient (Wildman–Crippen LogP) is 2.18. The number of rotatable bonds is 2. The summed E-state index contributed by atoms with van der Waals surface area (Å²) in [5.74, 6) is -0.178. The largest absolute Gasteiger partial charge is 0.317 e. The lowest BCUT2D eigenvalue weighted by molar-refractivity contribution is -0.128. The van der Waals surface area contributed by atoms with Gasteiger partial charge in [0.1, 0.15) is 5.82 Å². The molecule has 18 heavy (non-hydrogen) atoms. The molecule has 98 valence electrons. The van der Waals surface area contributed by atoms with Crippen LogP contribution in [0.2, 0.25) is 0 Å². The molecular formula is C14H19FN2O. The Balaban J connectivity index is 2.15. The van der Waals surface area contributed by atoms with Crippen LogP contribution < -0.4 is 10.2 Å². The summed E-state index contributed by atoms with van der Waals surface area (Å²) < 4.78 is 12.9. The van der Waals surface area contributed by atoms with Crippen LogP contribution in [0.3, 0.4) is 0 Å². The van der Waals surface area contributed by atoms with Gasteiger partial charge >= 0.3 is 0 Å². The fraction of sp³-hybridized carbons (Fsp3) is 0.500. The zero-order valence-electron chi connectivity index (χ0n) is 10.9. The first-order valence-electron chi connectivity index (χ1n) is 6.27. The number of hydrogen-bond acceptors (Lipinski definition) is 2. The van der Waals surface area contributed by atoms with Crippen LogP contribution in [-0.4, -0.2) is 26.0 Å². The number of amides is 1. The van der Waals surface area contributed by atoms with Gasteiger partial charge in [-0.25, -0.2) is 4.39 Å². The van der Waals surface area contributed by atoms with Crippen molar-refractivity contribution in [2.24, 2.45) is 5.41 Å². The highest BCUT2D eigenvalue weighted by molar-refractivity contribution is 5.96. The van der Waals surface area contributed by atoms with Crippen LogP contribution in [0.5, 0.6) is 0 Å². The number of carbonyl (C=O) groups excluding carboxylic acids is 1. The standard InChI is InChI=1S/C14H19FN2O/c1-14(7-9-16-10-8-14)13(18)17(2)12-5-3-11(15)4-6-12/h3-6,16H,7-10H2,1-2H3. The average Bonchev–Trinajstić information content (AvgIpc) is 2.39. The summed E-state index contributed by atoms with van der Waals surface area (Å²) in [5.41, 5.74) is 0.426. The van der Waals surface area contributed by atoms with Crippen molar-refractivity contribution in [1.29, 1.82) is 0 Å². The lowest BCUT2D eigenvalue weighted by atomic mass is 9.79. The van der Waals surface area contributed by atoms with Crippen molar-refractivity contribution in [3.8, 4) is 0 Å². The molecule has 0 aromatic heterocycles. The van der Waals surface area contributed by atoms with Crippen LogP contribution in [0.4, 0.5) is 10.1 Å². The highest BCUT2D eigenvalue weighted by Gasteiger charge is 2.36. The van der Waals surface area contributed by atoms with Crippen molar-refractivity contribution in [2.75, 3.05) is 25.0 Å². The Bertz CT molecular complexity index is 424. The van der Waals surface area contributed by atoms with Gasteiger partial charge in [0.2, 0.25) is 5.91 Å². The second-order valence-electron chi connectivity index (χ2n) is 5.15. The number of nitrogens with zero attached hydrogens (tertiary/aromatic N) is 1. The van der Waals surface area contributed by atoms with E-state index in [1.165, 1.54) is 12.1 Å². The van der Waals surface area contributed by atoms with Crippen LogP contribution in [0.15, 0.2) is 24.3 Å². The molecule has 3 nitrogen and oxygen atoms in total. The Morgan fingerprint density at radius 3 is 2.39 bits per heavy atom. The van der Waals surface area contributed by atoms with E-state index in [4.69, 9.17) is 0 Å². The lowest BCUT2D eigenvalue weighted by Gasteiger charge is -2.36. The van der Waals surface area contributed by atoms with E-state index in [9.17, 15) is 9.18 Å². The Hall–Kier alpha value is -1.42. The Labute approximate surface area is 107 Å². The quantitative estimate of drug-likeness (QED) is 0.872. The third kappa shape index (κ3) is 2.53. The molecular weight excluding hydrogens is 231 g/mol. The summed E-state index contributed by atoms with van der Waals surface area (Å²) in [6.45, 7) is 3.76. The molecule has 1 aromatic rings. The van der Waals surface area contributed by atoms with E-state index >= 15 is 0 Å². The third-order valence-corrected chi connectivity index (χ3v) is 3.74. The van der Waals surface area contributed by atoms with Gasteiger partial charge < -0.3 is 10.2 Å². The smallest absolute Gasteiger partial charge is 0.232 e. The zero-order valence-corrected chi connectivity index (χ0v) is 10.9. The number of anilines is 1. The van der Waals surface area contributed by atoms with E-state index in [-0.39, 0.29) is 17.1 Å². The fourth-order valence-electron chi connectivity index (χ4n) is 2.38. The van der Waals surface area contributed by atoms with Gasteiger partial charge in [-0.15, -0.1) is 0 Å². The minimum atomic E-state index is -0.311. The van der Waals surface area contributed by atoms with Gasteiger partial charge in [0.25, 0.3) is 0 Å². The van der Waals surface area contributed by atoms with E-state index in [1.807, 2.05) is 6.92 Å². The maximum atomic E-state index is 12.9. The monoisotopic (exact) mass is 250 g/mol. The van der Waals surface area contributed by atoms with Crippen molar-refractivity contribution in [3.63, 3.8) is 0 Å². The molecule has 0 spiro atoms. The molecule has 2 rings (SSSR count). The molecule has 0 radical (unpaired) electrons. The van der Waals surface area contributed by atoms with Crippen LogP contribution in [-0.2, 0) is 4.79 Å². The van der Waals surface area contributed by atoms with Crippen molar-refractivity contribution in [1.82, 2.24) is 5.32 Å². The highest BCUT2D eigenvalue weighted by atomic mass is 19.1. The molecule has 1 amide bonds. The molecule has 0 unspecified atom stereocenters. The average molecular weight is 250 g/mol. The number of halogens is 1. The molecule has 1 heterocycles. The Morgan fingerprint density at radius 2 is 1.83 bits per heavy atom. The molecule has 1 aliphatic heterocycles. The second-order valence-corrected chi connectivity index (χ2v) is 5.15. The minimum Gasteiger partial charge on any atom is -0.317 e. The second kappa shape index (κ2) is 5.06. The predicted molar refractivity (Wildman–Crippen MR) is 70.0 cm³/mol.